The first kappa shape index (κ1) is 18.8. The first-order valence-electron chi connectivity index (χ1n) is 9.17. The van der Waals surface area contributed by atoms with E-state index in [-0.39, 0.29) is 17.6 Å². The van der Waals surface area contributed by atoms with Gasteiger partial charge in [-0.25, -0.2) is 0 Å². The highest BCUT2D eigenvalue weighted by Crippen LogP contribution is 2.15. The third-order valence-electron chi connectivity index (χ3n) is 4.56. The summed E-state index contributed by atoms with van der Waals surface area (Å²) >= 11 is 0. The lowest BCUT2D eigenvalue weighted by molar-refractivity contribution is -0.131. The summed E-state index contributed by atoms with van der Waals surface area (Å²) in [6.07, 6.45) is 1.05. The Balaban J connectivity index is 1.48. The van der Waals surface area contributed by atoms with Gasteiger partial charge in [0.05, 0.1) is 13.0 Å². The predicted molar refractivity (Wildman–Crippen MR) is 102 cm³/mol. The molecule has 6 heteroatoms. The van der Waals surface area contributed by atoms with E-state index in [0.717, 1.165) is 12.2 Å². The summed E-state index contributed by atoms with van der Waals surface area (Å²) in [7, 11) is 0. The van der Waals surface area contributed by atoms with Crippen LogP contribution in [-0.4, -0.2) is 59.5 Å². The number of ether oxygens (including phenoxy) is 1. The van der Waals surface area contributed by atoms with Gasteiger partial charge in [0, 0.05) is 31.7 Å². The summed E-state index contributed by atoms with van der Waals surface area (Å²) in [4.78, 5) is 28.6. The normalized spacial score (nSPS) is 14.5. The summed E-state index contributed by atoms with van der Waals surface area (Å²) in [5.41, 5.74) is 0.464. The van der Waals surface area contributed by atoms with Gasteiger partial charge in [-0.15, -0.1) is 0 Å². The highest BCUT2D eigenvalue weighted by Gasteiger charge is 2.22. The van der Waals surface area contributed by atoms with E-state index in [1.165, 1.54) is 12.1 Å². The molecule has 0 atom stereocenters. The van der Waals surface area contributed by atoms with Crippen LogP contribution in [-0.2, 0) is 4.79 Å². The van der Waals surface area contributed by atoms with Gasteiger partial charge >= 0.3 is 0 Å². The number of para-hydroxylation sites is 1. The van der Waals surface area contributed by atoms with Gasteiger partial charge in [0.1, 0.15) is 11.5 Å². The zero-order valence-electron chi connectivity index (χ0n) is 15.2. The van der Waals surface area contributed by atoms with E-state index in [9.17, 15) is 14.7 Å². The van der Waals surface area contributed by atoms with Gasteiger partial charge in [-0.2, -0.15) is 0 Å². The van der Waals surface area contributed by atoms with E-state index in [1.54, 1.807) is 21.9 Å². The third-order valence-corrected chi connectivity index (χ3v) is 4.56. The number of carbonyl (C=O) groups is 2. The molecule has 0 saturated carbocycles. The van der Waals surface area contributed by atoms with E-state index >= 15 is 0 Å². The Morgan fingerprint density at radius 3 is 2.44 bits per heavy atom. The molecule has 0 bridgehead atoms. The molecular formula is C21H24N2O4. The van der Waals surface area contributed by atoms with Crippen LogP contribution in [0, 0.1) is 0 Å². The van der Waals surface area contributed by atoms with E-state index in [0.29, 0.717) is 44.8 Å². The van der Waals surface area contributed by atoms with E-state index in [2.05, 4.69) is 0 Å². The molecule has 2 aromatic carbocycles. The van der Waals surface area contributed by atoms with E-state index in [4.69, 9.17) is 4.74 Å². The van der Waals surface area contributed by atoms with Gasteiger partial charge in [-0.05, 0) is 36.8 Å². The Kier molecular flexibility index (Phi) is 6.30. The van der Waals surface area contributed by atoms with Crippen LogP contribution in [0.1, 0.15) is 23.2 Å². The molecule has 0 radical (unpaired) electrons. The van der Waals surface area contributed by atoms with Gasteiger partial charge in [0.15, 0.2) is 0 Å². The predicted octanol–water partition coefficient (Wildman–Crippen LogP) is 2.54. The van der Waals surface area contributed by atoms with Gasteiger partial charge in [-0.1, -0.05) is 24.3 Å². The molecule has 0 unspecified atom stereocenters. The Morgan fingerprint density at radius 1 is 0.926 bits per heavy atom. The molecule has 0 aromatic heterocycles. The van der Waals surface area contributed by atoms with Crippen molar-refractivity contribution in [3.05, 3.63) is 60.2 Å². The SMILES string of the molecule is O=C(CCOc1ccccc1)N1CCCN(C(=O)c2cccc(O)c2)CC1. The fraction of sp³-hybridized carbons (Fsp3) is 0.333. The smallest absolute Gasteiger partial charge is 0.254 e. The molecule has 0 spiro atoms. The highest BCUT2D eigenvalue weighted by atomic mass is 16.5. The fourth-order valence-corrected chi connectivity index (χ4v) is 3.12. The molecule has 1 aliphatic rings. The van der Waals surface area contributed by atoms with Crippen molar-refractivity contribution < 1.29 is 19.4 Å². The first-order valence-corrected chi connectivity index (χ1v) is 9.17. The van der Waals surface area contributed by atoms with Crippen LogP contribution in [0.15, 0.2) is 54.6 Å². The minimum Gasteiger partial charge on any atom is -0.508 e. The molecule has 6 nitrogen and oxygen atoms in total. The Bertz CT molecular complexity index is 779. The Labute approximate surface area is 159 Å². The van der Waals surface area contributed by atoms with Crippen LogP contribution in [0.3, 0.4) is 0 Å². The van der Waals surface area contributed by atoms with Crippen molar-refractivity contribution in [2.45, 2.75) is 12.8 Å². The van der Waals surface area contributed by atoms with Crippen LogP contribution < -0.4 is 4.74 Å². The van der Waals surface area contributed by atoms with Crippen molar-refractivity contribution in [1.82, 2.24) is 9.80 Å². The molecule has 1 fully saturated rings. The van der Waals surface area contributed by atoms with E-state index in [1.807, 2.05) is 30.3 Å². The lowest BCUT2D eigenvalue weighted by Crippen LogP contribution is -2.37. The van der Waals surface area contributed by atoms with Gasteiger partial charge in [-0.3, -0.25) is 9.59 Å². The van der Waals surface area contributed by atoms with Crippen LogP contribution in [0.5, 0.6) is 11.5 Å². The standard InChI is InChI=1S/C21H24N2O4/c24-18-7-4-6-17(16-18)21(26)23-12-5-11-22(13-14-23)20(25)10-15-27-19-8-2-1-3-9-19/h1-4,6-9,16,24H,5,10-15H2. The third kappa shape index (κ3) is 5.23. The maximum atomic E-state index is 12.6. The number of rotatable bonds is 5. The second-order valence-electron chi connectivity index (χ2n) is 6.49. The molecular weight excluding hydrogens is 344 g/mol. The molecule has 2 aromatic rings. The number of benzene rings is 2. The maximum absolute atomic E-state index is 12.6. The van der Waals surface area contributed by atoms with Crippen molar-refractivity contribution in [3.63, 3.8) is 0 Å². The van der Waals surface area contributed by atoms with Crippen molar-refractivity contribution >= 4 is 11.8 Å². The molecule has 1 N–H and O–H groups in total. The van der Waals surface area contributed by atoms with Crippen molar-refractivity contribution in [1.29, 1.82) is 0 Å². The maximum Gasteiger partial charge on any atom is 0.254 e. The molecule has 1 saturated heterocycles. The number of phenolic OH excluding ortho intramolecular Hbond substituents is 1. The fourth-order valence-electron chi connectivity index (χ4n) is 3.12. The molecule has 2 amide bonds. The molecule has 142 valence electrons. The van der Waals surface area contributed by atoms with Crippen LogP contribution in [0.2, 0.25) is 0 Å². The van der Waals surface area contributed by atoms with Gasteiger partial charge < -0.3 is 19.6 Å². The second kappa shape index (κ2) is 9.07. The zero-order valence-corrected chi connectivity index (χ0v) is 15.2. The highest BCUT2D eigenvalue weighted by molar-refractivity contribution is 5.94. The van der Waals surface area contributed by atoms with Crippen LogP contribution >= 0.6 is 0 Å². The lowest BCUT2D eigenvalue weighted by atomic mass is 10.2. The number of hydrogen-bond acceptors (Lipinski definition) is 4. The number of phenols is 1. The van der Waals surface area contributed by atoms with Crippen molar-refractivity contribution in [3.8, 4) is 11.5 Å². The summed E-state index contributed by atoms with van der Waals surface area (Å²) in [5.74, 6) is 0.750. The number of hydrogen-bond donors (Lipinski definition) is 1. The largest absolute Gasteiger partial charge is 0.508 e. The Morgan fingerprint density at radius 2 is 1.67 bits per heavy atom. The first-order chi connectivity index (χ1) is 13.1. The van der Waals surface area contributed by atoms with Crippen LogP contribution in [0.25, 0.3) is 0 Å². The number of nitrogens with zero attached hydrogens (tertiary/aromatic N) is 2. The average Bonchev–Trinajstić information content (AvgIpc) is 2.94. The van der Waals surface area contributed by atoms with Crippen molar-refractivity contribution in [2.75, 3.05) is 32.8 Å². The summed E-state index contributed by atoms with van der Waals surface area (Å²) in [6.45, 7) is 2.56. The minimum atomic E-state index is -0.118. The van der Waals surface area contributed by atoms with Gasteiger partial charge in [0.2, 0.25) is 5.91 Å². The molecule has 3 rings (SSSR count). The molecule has 1 aliphatic heterocycles. The second-order valence-corrected chi connectivity index (χ2v) is 6.49. The summed E-state index contributed by atoms with van der Waals surface area (Å²) in [5, 5.41) is 9.56. The monoisotopic (exact) mass is 368 g/mol. The summed E-state index contributed by atoms with van der Waals surface area (Å²) < 4.78 is 5.59. The van der Waals surface area contributed by atoms with Crippen LogP contribution in [0.4, 0.5) is 0 Å². The number of aromatic hydroxyl groups is 1. The Hall–Kier alpha value is -3.02. The zero-order chi connectivity index (χ0) is 19.1. The topological polar surface area (TPSA) is 70.1 Å². The average molecular weight is 368 g/mol. The van der Waals surface area contributed by atoms with E-state index < -0.39 is 0 Å². The molecule has 27 heavy (non-hydrogen) atoms. The lowest BCUT2D eigenvalue weighted by Gasteiger charge is -2.22. The molecule has 0 aliphatic carbocycles. The number of amides is 2. The molecule has 1 heterocycles. The minimum absolute atomic E-state index is 0.0394. The summed E-state index contributed by atoms with van der Waals surface area (Å²) in [6, 6.07) is 15.8. The van der Waals surface area contributed by atoms with Crippen molar-refractivity contribution in [2.24, 2.45) is 0 Å². The quantitative estimate of drug-likeness (QED) is 0.881. The van der Waals surface area contributed by atoms with Gasteiger partial charge in [0.25, 0.3) is 5.91 Å². The number of carbonyl (C=O) groups excluding carboxylic acids is 2.